The van der Waals surface area contributed by atoms with Crippen LogP contribution in [-0.2, 0) is 10.4 Å². The van der Waals surface area contributed by atoms with Crippen LogP contribution in [0.2, 0.25) is 0 Å². The van der Waals surface area contributed by atoms with Crippen LogP contribution in [0, 0.1) is 0 Å². The van der Waals surface area contributed by atoms with E-state index in [-0.39, 0.29) is 5.91 Å². The third kappa shape index (κ3) is 1.52. The second-order valence-corrected chi connectivity index (χ2v) is 3.71. The van der Waals surface area contributed by atoms with Gasteiger partial charge in [0.05, 0.1) is 0 Å². The molecule has 0 saturated carbocycles. The Hall–Kier alpha value is -1.39. The highest BCUT2D eigenvalue weighted by molar-refractivity contribution is 6.04. The summed E-state index contributed by atoms with van der Waals surface area (Å²) in [6, 6.07) is 7.24. The van der Waals surface area contributed by atoms with E-state index in [0.717, 1.165) is 0 Å². The van der Waals surface area contributed by atoms with Gasteiger partial charge in [0, 0.05) is 17.7 Å². The minimum atomic E-state index is -1.38. The molecule has 0 aliphatic carbocycles. The molecular formula is C11H14N2O2. The number of nitrogens with one attached hydrogen (secondary N) is 2. The van der Waals surface area contributed by atoms with Crippen LogP contribution in [0.5, 0.6) is 0 Å². The Morgan fingerprint density at radius 3 is 2.93 bits per heavy atom. The van der Waals surface area contributed by atoms with Gasteiger partial charge in [0.2, 0.25) is 0 Å². The van der Waals surface area contributed by atoms with E-state index >= 15 is 0 Å². The normalized spacial score (nSPS) is 23.7. The van der Waals surface area contributed by atoms with Crippen LogP contribution in [0.15, 0.2) is 24.3 Å². The van der Waals surface area contributed by atoms with Gasteiger partial charge in [0.25, 0.3) is 5.91 Å². The molecule has 0 spiro atoms. The quantitative estimate of drug-likeness (QED) is 0.672. The second-order valence-electron chi connectivity index (χ2n) is 3.71. The fourth-order valence-electron chi connectivity index (χ4n) is 1.85. The molecule has 0 unspecified atom stereocenters. The van der Waals surface area contributed by atoms with Crippen molar-refractivity contribution in [1.29, 1.82) is 0 Å². The fourth-order valence-corrected chi connectivity index (χ4v) is 1.85. The SMILES string of the molecule is CNCC[C@]1(O)C(=O)Nc2ccccc21. The van der Waals surface area contributed by atoms with Crippen LogP contribution in [0.1, 0.15) is 12.0 Å². The van der Waals surface area contributed by atoms with Gasteiger partial charge in [-0.1, -0.05) is 18.2 Å². The summed E-state index contributed by atoms with van der Waals surface area (Å²) in [7, 11) is 1.79. The number of amides is 1. The number of carbonyl (C=O) groups is 1. The number of aliphatic hydroxyl groups is 1. The average Bonchev–Trinajstić information content (AvgIpc) is 2.50. The molecule has 1 aliphatic rings. The van der Waals surface area contributed by atoms with Crippen LogP contribution in [0.3, 0.4) is 0 Å². The van der Waals surface area contributed by atoms with Crippen molar-refractivity contribution in [3.05, 3.63) is 29.8 Å². The van der Waals surface area contributed by atoms with E-state index in [1.807, 2.05) is 12.1 Å². The van der Waals surface area contributed by atoms with Crippen molar-refractivity contribution in [2.45, 2.75) is 12.0 Å². The molecule has 15 heavy (non-hydrogen) atoms. The molecule has 1 aliphatic heterocycles. The van der Waals surface area contributed by atoms with E-state index in [1.165, 1.54) is 0 Å². The van der Waals surface area contributed by atoms with Crippen LogP contribution in [0.4, 0.5) is 5.69 Å². The lowest BCUT2D eigenvalue weighted by atomic mass is 9.92. The van der Waals surface area contributed by atoms with Gasteiger partial charge >= 0.3 is 0 Å². The third-order valence-electron chi connectivity index (χ3n) is 2.73. The summed E-state index contributed by atoms with van der Waals surface area (Å²) in [6.45, 7) is 0.595. The predicted octanol–water partition coefficient (Wildman–Crippen LogP) is 0.436. The van der Waals surface area contributed by atoms with Gasteiger partial charge in [-0.25, -0.2) is 0 Å². The zero-order valence-corrected chi connectivity index (χ0v) is 8.58. The molecule has 0 bridgehead atoms. The Bertz CT molecular complexity index is 392. The molecule has 0 radical (unpaired) electrons. The molecule has 4 heteroatoms. The van der Waals surface area contributed by atoms with E-state index in [1.54, 1.807) is 19.2 Å². The summed E-state index contributed by atoms with van der Waals surface area (Å²) in [4.78, 5) is 11.7. The molecule has 4 nitrogen and oxygen atoms in total. The second kappa shape index (κ2) is 3.64. The van der Waals surface area contributed by atoms with Crippen molar-refractivity contribution in [2.24, 2.45) is 0 Å². The third-order valence-corrected chi connectivity index (χ3v) is 2.73. The summed E-state index contributed by atoms with van der Waals surface area (Å²) in [5.41, 5.74) is 0.00549. The van der Waals surface area contributed by atoms with E-state index in [4.69, 9.17) is 0 Å². The lowest BCUT2D eigenvalue weighted by Crippen LogP contribution is -2.36. The molecule has 1 atom stereocenters. The zero-order chi connectivity index (χ0) is 10.9. The standard InChI is InChI=1S/C11H14N2O2/c1-12-7-6-11(15)8-4-2-3-5-9(8)13-10(11)14/h2-5,12,15H,6-7H2,1H3,(H,13,14)/t11-/m1/s1. The summed E-state index contributed by atoms with van der Waals surface area (Å²) < 4.78 is 0. The minimum absolute atomic E-state index is 0.334. The molecular weight excluding hydrogens is 192 g/mol. The lowest BCUT2D eigenvalue weighted by Gasteiger charge is -2.20. The Morgan fingerprint density at radius 2 is 2.20 bits per heavy atom. The molecule has 80 valence electrons. The molecule has 0 aromatic heterocycles. The summed E-state index contributed by atoms with van der Waals surface area (Å²) in [5, 5.41) is 15.9. The number of benzene rings is 1. The highest BCUT2D eigenvalue weighted by Gasteiger charge is 2.44. The lowest BCUT2D eigenvalue weighted by molar-refractivity contribution is -0.134. The van der Waals surface area contributed by atoms with Gasteiger partial charge in [-0.15, -0.1) is 0 Å². The Morgan fingerprint density at radius 1 is 1.47 bits per heavy atom. The van der Waals surface area contributed by atoms with Crippen molar-refractivity contribution in [1.82, 2.24) is 5.32 Å². The summed E-state index contributed by atoms with van der Waals surface area (Å²) in [6.07, 6.45) is 0.381. The summed E-state index contributed by atoms with van der Waals surface area (Å²) in [5.74, 6) is -0.334. The van der Waals surface area contributed by atoms with Crippen molar-refractivity contribution in [3.8, 4) is 0 Å². The highest BCUT2D eigenvalue weighted by Crippen LogP contribution is 2.37. The number of fused-ring (bicyclic) bond motifs is 1. The van der Waals surface area contributed by atoms with Crippen LogP contribution >= 0.6 is 0 Å². The fraction of sp³-hybridized carbons (Fsp3) is 0.364. The first-order valence-corrected chi connectivity index (χ1v) is 4.96. The van der Waals surface area contributed by atoms with Crippen molar-refractivity contribution in [3.63, 3.8) is 0 Å². The highest BCUT2D eigenvalue weighted by atomic mass is 16.3. The maximum Gasteiger partial charge on any atom is 0.261 e. The van der Waals surface area contributed by atoms with Crippen molar-refractivity contribution in [2.75, 3.05) is 18.9 Å². The van der Waals surface area contributed by atoms with Gasteiger partial charge in [0.15, 0.2) is 5.60 Å². The molecule has 1 aromatic rings. The van der Waals surface area contributed by atoms with E-state index < -0.39 is 5.60 Å². The first-order valence-electron chi connectivity index (χ1n) is 4.96. The Kier molecular flexibility index (Phi) is 2.46. The number of anilines is 1. The van der Waals surface area contributed by atoms with Crippen LogP contribution < -0.4 is 10.6 Å². The maximum atomic E-state index is 11.7. The van der Waals surface area contributed by atoms with E-state index in [2.05, 4.69) is 10.6 Å². The molecule has 0 fully saturated rings. The molecule has 3 N–H and O–H groups in total. The first kappa shape index (κ1) is 10.1. The topological polar surface area (TPSA) is 61.4 Å². The number of hydrogen-bond acceptors (Lipinski definition) is 3. The van der Waals surface area contributed by atoms with Gasteiger partial charge < -0.3 is 15.7 Å². The van der Waals surface area contributed by atoms with Gasteiger partial charge in [-0.2, -0.15) is 0 Å². The van der Waals surface area contributed by atoms with Crippen LogP contribution in [-0.4, -0.2) is 24.6 Å². The van der Waals surface area contributed by atoms with Gasteiger partial charge in [-0.3, -0.25) is 4.79 Å². The first-order chi connectivity index (χ1) is 7.18. The Labute approximate surface area is 88.3 Å². The van der Waals surface area contributed by atoms with Crippen molar-refractivity contribution < 1.29 is 9.90 Å². The van der Waals surface area contributed by atoms with Crippen LogP contribution in [0.25, 0.3) is 0 Å². The number of hydrogen-bond donors (Lipinski definition) is 3. The van der Waals surface area contributed by atoms with E-state index in [9.17, 15) is 9.90 Å². The average molecular weight is 206 g/mol. The number of para-hydroxylation sites is 1. The number of carbonyl (C=O) groups excluding carboxylic acids is 1. The van der Waals surface area contributed by atoms with E-state index in [0.29, 0.717) is 24.2 Å². The largest absolute Gasteiger partial charge is 0.375 e. The monoisotopic (exact) mass is 206 g/mol. The van der Waals surface area contributed by atoms with Crippen molar-refractivity contribution >= 4 is 11.6 Å². The smallest absolute Gasteiger partial charge is 0.261 e. The zero-order valence-electron chi connectivity index (χ0n) is 8.58. The molecule has 0 saturated heterocycles. The molecule has 1 aromatic carbocycles. The van der Waals surface area contributed by atoms with Gasteiger partial charge in [-0.05, 0) is 19.7 Å². The molecule has 1 heterocycles. The predicted molar refractivity (Wildman–Crippen MR) is 57.5 cm³/mol. The van der Waals surface area contributed by atoms with Gasteiger partial charge in [0.1, 0.15) is 0 Å². The molecule has 2 rings (SSSR count). The maximum absolute atomic E-state index is 11.7. The Balaban J connectivity index is 2.36. The number of rotatable bonds is 3. The minimum Gasteiger partial charge on any atom is -0.375 e. The molecule has 1 amide bonds. The summed E-state index contributed by atoms with van der Waals surface area (Å²) >= 11 is 0.